The Labute approximate surface area is 142 Å². The van der Waals surface area contributed by atoms with Gasteiger partial charge in [0.1, 0.15) is 0 Å². The fraction of sp³-hybridized carbons (Fsp3) is 0.250. The molecule has 1 atom stereocenters. The number of benzene rings is 2. The number of hydrogen-bond donors (Lipinski definition) is 2. The minimum atomic E-state index is -0.126. The Bertz CT molecular complexity index is 762. The summed E-state index contributed by atoms with van der Waals surface area (Å²) in [7, 11) is 0. The van der Waals surface area contributed by atoms with Crippen LogP contribution in [-0.2, 0) is 0 Å². The topological polar surface area (TPSA) is 52.6 Å². The van der Waals surface area contributed by atoms with Gasteiger partial charge in [-0.2, -0.15) is 0 Å². The van der Waals surface area contributed by atoms with E-state index in [1.54, 1.807) is 4.90 Å². The molecule has 1 fully saturated rings. The average molecular weight is 320 g/mol. The number of nitrogens with one attached hydrogen (secondary N) is 1. The van der Waals surface area contributed by atoms with Gasteiger partial charge in [-0.05, 0) is 36.8 Å². The Morgan fingerprint density at radius 2 is 1.88 bits per heavy atom. The molecule has 1 aliphatic heterocycles. The summed E-state index contributed by atoms with van der Waals surface area (Å²) in [6.45, 7) is 1.43. The summed E-state index contributed by atoms with van der Waals surface area (Å²) in [4.78, 5) is 14.0. The number of likely N-dealkylation sites (tertiary alicyclic amines) is 1. The lowest BCUT2D eigenvalue weighted by molar-refractivity contribution is 0.209. The molecule has 3 rings (SSSR count). The zero-order chi connectivity index (χ0) is 16.8. The third-order valence-corrected chi connectivity index (χ3v) is 4.07. The zero-order valence-corrected chi connectivity index (χ0v) is 13.4. The first-order valence-electron chi connectivity index (χ1n) is 8.08. The van der Waals surface area contributed by atoms with Crippen LogP contribution in [-0.4, -0.2) is 35.7 Å². The number of aliphatic hydroxyl groups is 1. The van der Waals surface area contributed by atoms with Crippen molar-refractivity contribution in [3.8, 4) is 11.8 Å². The molecule has 2 aromatic rings. The molecule has 0 saturated carbocycles. The first-order chi connectivity index (χ1) is 11.7. The number of nitrogens with zero attached hydrogens (tertiary/aromatic N) is 1. The maximum Gasteiger partial charge on any atom is 0.321 e. The predicted molar refractivity (Wildman–Crippen MR) is 94.6 cm³/mol. The van der Waals surface area contributed by atoms with Gasteiger partial charge in [0, 0.05) is 42.4 Å². The van der Waals surface area contributed by atoms with Gasteiger partial charge in [-0.25, -0.2) is 4.79 Å². The maximum absolute atomic E-state index is 12.3. The van der Waals surface area contributed by atoms with Crippen molar-refractivity contribution in [1.29, 1.82) is 0 Å². The van der Waals surface area contributed by atoms with Gasteiger partial charge in [-0.1, -0.05) is 36.1 Å². The molecule has 122 valence electrons. The molecule has 2 amide bonds. The lowest BCUT2D eigenvalue weighted by Gasteiger charge is -2.17. The maximum atomic E-state index is 12.3. The Balaban J connectivity index is 1.65. The highest BCUT2D eigenvalue weighted by Crippen LogP contribution is 2.17. The van der Waals surface area contributed by atoms with Gasteiger partial charge in [0.25, 0.3) is 0 Å². The lowest BCUT2D eigenvalue weighted by atomic mass is 10.1. The van der Waals surface area contributed by atoms with Crippen LogP contribution in [0.2, 0.25) is 0 Å². The third kappa shape index (κ3) is 4.15. The van der Waals surface area contributed by atoms with Crippen LogP contribution in [0.3, 0.4) is 0 Å². The summed E-state index contributed by atoms with van der Waals surface area (Å²) in [6, 6.07) is 17.2. The normalized spacial score (nSPS) is 16.4. The minimum Gasteiger partial charge on any atom is -0.396 e. The van der Waals surface area contributed by atoms with E-state index >= 15 is 0 Å². The number of carbonyl (C=O) groups is 1. The largest absolute Gasteiger partial charge is 0.396 e. The van der Waals surface area contributed by atoms with E-state index in [2.05, 4.69) is 17.2 Å². The number of urea groups is 1. The van der Waals surface area contributed by atoms with E-state index in [4.69, 9.17) is 0 Å². The van der Waals surface area contributed by atoms with Gasteiger partial charge >= 0.3 is 6.03 Å². The average Bonchev–Trinajstić information content (AvgIpc) is 3.11. The molecule has 0 aromatic heterocycles. The molecular weight excluding hydrogens is 300 g/mol. The predicted octanol–water partition coefficient (Wildman–Crippen LogP) is 2.93. The van der Waals surface area contributed by atoms with Crippen LogP contribution in [0.1, 0.15) is 17.5 Å². The van der Waals surface area contributed by atoms with Crippen molar-refractivity contribution in [1.82, 2.24) is 4.90 Å². The zero-order valence-electron chi connectivity index (χ0n) is 13.4. The third-order valence-electron chi connectivity index (χ3n) is 4.07. The first-order valence-corrected chi connectivity index (χ1v) is 8.08. The second-order valence-electron chi connectivity index (χ2n) is 5.91. The first kappa shape index (κ1) is 16.1. The SMILES string of the molecule is O=C(Nc1cccc(C#Cc2ccccc2)c1)N1CCC(CO)C1. The van der Waals surface area contributed by atoms with Crippen LogP contribution in [0.5, 0.6) is 0 Å². The van der Waals surface area contributed by atoms with Crippen molar-refractivity contribution in [2.24, 2.45) is 5.92 Å². The van der Waals surface area contributed by atoms with Crippen molar-refractivity contribution < 1.29 is 9.90 Å². The molecule has 24 heavy (non-hydrogen) atoms. The second kappa shape index (κ2) is 7.67. The van der Waals surface area contributed by atoms with Crippen LogP contribution in [0.25, 0.3) is 0 Å². The van der Waals surface area contributed by atoms with Crippen LogP contribution in [0.4, 0.5) is 10.5 Å². The Kier molecular flexibility index (Phi) is 5.15. The number of anilines is 1. The Hall–Kier alpha value is -2.77. The molecule has 0 aliphatic carbocycles. The fourth-order valence-corrected chi connectivity index (χ4v) is 2.71. The van der Waals surface area contributed by atoms with Crippen molar-refractivity contribution in [2.45, 2.75) is 6.42 Å². The van der Waals surface area contributed by atoms with Gasteiger partial charge in [0.2, 0.25) is 0 Å². The van der Waals surface area contributed by atoms with Crippen molar-refractivity contribution >= 4 is 11.7 Å². The molecule has 1 heterocycles. The Morgan fingerprint density at radius 1 is 1.12 bits per heavy atom. The molecule has 1 aliphatic rings. The van der Waals surface area contributed by atoms with Gasteiger partial charge < -0.3 is 15.3 Å². The molecule has 2 aromatic carbocycles. The van der Waals surface area contributed by atoms with Gasteiger partial charge in [-0.3, -0.25) is 0 Å². The molecule has 4 nitrogen and oxygen atoms in total. The minimum absolute atomic E-state index is 0.126. The smallest absolute Gasteiger partial charge is 0.321 e. The van der Waals surface area contributed by atoms with Crippen molar-refractivity contribution in [3.05, 3.63) is 65.7 Å². The van der Waals surface area contributed by atoms with Gasteiger partial charge in [-0.15, -0.1) is 0 Å². The van der Waals surface area contributed by atoms with Crippen LogP contribution in [0.15, 0.2) is 54.6 Å². The highest BCUT2D eigenvalue weighted by molar-refractivity contribution is 5.89. The lowest BCUT2D eigenvalue weighted by Crippen LogP contribution is -2.33. The number of amides is 2. The number of rotatable bonds is 2. The molecule has 1 unspecified atom stereocenters. The molecular formula is C20H20N2O2. The van der Waals surface area contributed by atoms with Crippen molar-refractivity contribution in [3.63, 3.8) is 0 Å². The summed E-state index contributed by atoms with van der Waals surface area (Å²) < 4.78 is 0. The summed E-state index contributed by atoms with van der Waals surface area (Å²) in [5.74, 6) is 6.41. The highest BCUT2D eigenvalue weighted by Gasteiger charge is 2.25. The summed E-state index contributed by atoms with van der Waals surface area (Å²) >= 11 is 0. The number of carbonyl (C=O) groups excluding carboxylic acids is 1. The van der Waals surface area contributed by atoms with E-state index in [1.807, 2.05) is 54.6 Å². The van der Waals surface area contributed by atoms with Crippen LogP contribution in [0, 0.1) is 17.8 Å². The molecule has 4 heteroatoms. The molecule has 0 spiro atoms. The number of hydrogen-bond acceptors (Lipinski definition) is 2. The van der Waals surface area contributed by atoms with E-state index in [9.17, 15) is 9.90 Å². The molecule has 1 saturated heterocycles. The summed E-state index contributed by atoms with van der Waals surface area (Å²) in [5.41, 5.74) is 2.54. The fourth-order valence-electron chi connectivity index (χ4n) is 2.71. The van der Waals surface area contributed by atoms with E-state index in [0.717, 1.165) is 23.2 Å². The quantitative estimate of drug-likeness (QED) is 0.836. The highest BCUT2D eigenvalue weighted by atomic mass is 16.3. The van der Waals surface area contributed by atoms with Gasteiger partial charge in [0.15, 0.2) is 0 Å². The monoisotopic (exact) mass is 320 g/mol. The van der Waals surface area contributed by atoms with E-state index in [-0.39, 0.29) is 18.6 Å². The van der Waals surface area contributed by atoms with E-state index < -0.39 is 0 Å². The molecule has 0 bridgehead atoms. The Morgan fingerprint density at radius 3 is 2.62 bits per heavy atom. The standard InChI is InChI=1S/C20H20N2O2/c23-15-18-11-12-22(14-18)20(24)21-19-8-4-7-17(13-19)10-9-16-5-2-1-3-6-16/h1-8,13,18,23H,11-12,14-15H2,(H,21,24). The summed E-state index contributed by atoms with van der Waals surface area (Å²) in [6.07, 6.45) is 0.854. The van der Waals surface area contributed by atoms with E-state index in [0.29, 0.717) is 13.1 Å². The van der Waals surface area contributed by atoms with Gasteiger partial charge in [0.05, 0.1) is 0 Å². The molecule has 0 radical (unpaired) electrons. The molecule has 2 N–H and O–H groups in total. The van der Waals surface area contributed by atoms with Crippen LogP contribution < -0.4 is 5.32 Å². The van der Waals surface area contributed by atoms with Crippen LogP contribution >= 0.6 is 0 Å². The second-order valence-corrected chi connectivity index (χ2v) is 5.91. The number of aliphatic hydroxyl groups excluding tert-OH is 1. The summed E-state index contributed by atoms with van der Waals surface area (Å²) in [5, 5.41) is 12.1. The van der Waals surface area contributed by atoms with E-state index in [1.165, 1.54) is 0 Å². The van der Waals surface area contributed by atoms with Crippen molar-refractivity contribution in [2.75, 3.05) is 25.0 Å².